The quantitative estimate of drug-likeness (QED) is 0.893. The van der Waals surface area contributed by atoms with Crippen LogP contribution >= 0.6 is 11.8 Å². The van der Waals surface area contributed by atoms with Gasteiger partial charge in [0.1, 0.15) is 0 Å². The van der Waals surface area contributed by atoms with Crippen LogP contribution in [0.2, 0.25) is 0 Å². The molecule has 1 unspecified atom stereocenters. The minimum absolute atomic E-state index is 0.238. The van der Waals surface area contributed by atoms with Crippen LogP contribution in [0.1, 0.15) is 44.9 Å². The average molecular weight is 307 g/mol. The normalized spacial score (nSPS) is 18.7. The van der Waals surface area contributed by atoms with Gasteiger partial charge < -0.3 is 10.2 Å². The lowest BCUT2D eigenvalue weighted by molar-refractivity contribution is 0.297. The Morgan fingerprint density at radius 1 is 1.14 bits per heavy atom. The molecule has 1 heterocycles. The van der Waals surface area contributed by atoms with Gasteiger partial charge in [0.15, 0.2) is 0 Å². The first kappa shape index (κ1) is 16.9. The van der Waals surface area contributed by atoms with E-state index in [1.54, 1.807) is 0 Å². The highest BCUT2D eigenvalue weighted by molar-refractivity contribution is 7.99. The van der Waals surface area contributed by atoms with Crippen molar-refractivity contribution in [3.05, 3.63) is 35.4 Å². The maximum absolute atomic E-state index is 3.66. The summed E-state index contributed by atoms with van der Waals surface area (Å²) in [6, 6.07) is 9.52. The van der Waals surface area contributed by atoms with Crippen LogP contribution in [0.5, 0.6) is 0 Å². The number of nitrogens with zero attached hydrogens (tertiary/aromatic N) is 1. The Labute approximate surface area is 134 Å². The molecule has 2 nitrogen and oxygen atoms in total. The van der Waals surface area contributed by atoms with E-state index in [1.807, 2.05) is 0 Å². The Kier molecular flexibility index (Phi) is 6.15. The predicted molar refractivity (Wildman–Crippen MR) is 95.3 cm³/mol. The smallest absolute Gasteiger partial charge is 0.0292 e. The van der Waals surface area contributed by atoms with Crippen molar-refractivity contribution in [2.45, 2.75) is 39.2 Å². The molecule has 2 rings (SSSR count). The van der Waals surface area contributed by atoms with E-state index in [0.29, 0.717) is 6.04 Å². The van der Waals surface area contributed by atoms with Crippen molar-refractivity contribution in [2.75, 3.05) is 37.7 Å². The molecule has 118 valence electrons. The third kappa shape index (κ3) is 5.32. The molecule has 0 spiro atoms. The Balaban J connectivity index is 1.78. The van der Waals surface area contributed by atoms with E-state index in [2.05, 4.69) is 73.9 Å². The summed E-state index contributed by atoms with van der Waals surface area (Å²) in [5.41, 5.74) is 3.03. The Hall–Kier alpha value is -0.510. The lowest BCUT2D eigenvalue weighted by Gasteiger charge is -2.27. The summed E-state index contributed by atoms with van der Waals surface area (Å²) in [7, 11) is 0. The first-order valence-corrected chi connectivity index (χ1v) is 9.26. The minimum Gasteiger partial charge on any atom is -0.309 e. The van der Waals surface area contributed by atoms with Gasteiger partial charge in [-0.15, -0.1) is 0 Å². The van der Waals surface area contributed by atoms with Crippen molar-refractivity contribution < 1.29 is 0 Å². The molecule has 3 heteroatoms. The van der Waals surface area contributed by atoms with Gasteiger partial charge in [-0.1, -0.05) is 45.0 Å². The molecule has 1 N–H and O–H groups in total. The third-order valence-corrected chi connectivity index (χ3v) is 5.20. The van der Waals surface area contributed by atoms with Crippen molar-refractivity contribution >= 4 is 11.8 Å². The second-order valence-electron chi connectivity index (χ2n) is 7.00. The van der Waals surface area contributed by atoms with Gasteiger partial charge in [-0.05, 0) is 23.5 Å². The van der Waals surface area contributed by atoms with Crippen LogP contribution < -0.4 is 5.32 Å². The molecule has 1 atom stereocenters. The van der Waals surface area contributed by atoms with Gasteiger partial charge in [0.05, 0.1) is 0 Å². The van der Waals surface area contributed by atoms with Crippen LogP contribution in [-0.2, 0) is 5.41 Å². The summed E-state index contributed by atoms with van der Waals surface area (Å²) in [6.07, 6.45) is 0. The van der Waals surface area contributed by atoms with Crippen LogP contribution in [0.3, 0.4) is 0 Å². The Morgan fingerprint density at radius 3 is 2.33 bits per heavy atom. The fourth-order valence-corrected chi connectivity index (χ4v) is 3.63. The second kappa shape index (κ2) is 7.66. The highest BCUT2D eigenvalue weighted by Crippen LogP contribution is 2.23. The van der Waals surface area contributed by atoms with Crippen molar-refractivity contribution in [3.8, 4) is 0 Å². The van der Waals surface area contributed by atoms with Crippen LogP contribution in [0.25, 0.3) is 0 Å². The molecule has 21 heavy (non-hydrogen) atoms. The number of thioether (sulfide) groups is 1. The zero-order valence-electron chi connectivity index (χ0n) is 14.0. The number of rotatable bonds is 5. The summed E-state index contributed by atoms with van der Waals surface area (Å²) in [5, 5.41) is 3.66. The molecule has 0 bridgehead atoms. The van der Waals surface area contributed by atoms with Crippen molar-refractivity contribution in [2.24, 2.45) is 0 Å². The van der Waals surface area contributed by atoms with E-state index in [1.165, 1.54) is 42.3 Å². The molecule has 1 aromatic rings. The van der Waals surface area contributed by atoms with Crippen LogP contribution in [0, 0.1) is 0 Å². The summed E-state index contributed by atoms with van der Waals surface area (Å²) in [6.45, 7) is 13.8. The lowest BCUT2D eigenvalue weighted by Crippen LogP contribution is -2.38. The lowest BCUT2D eigenvalue weighted by atomic mass is 9.86. The van der Waals surface area contributed by atoms with E-state index in [9.17, 15) is 0 Å². The molecule has 0 saturated carbocycles. The Morgan fingerprint density at radius 2 is 1.76 bits per heavy atom. The van der Waals surface area contributed by atoms with Gasteiger partial charge in [-0.3, -0.25) is 0 Å². The van der Waals surface area contributed by atoms with Crippen LogP contribution in [0.15, 0.2) is 24.3 Å². The first-order valence-electron chi connectivity index (χ1n) is 8.11. The standard InChI is InChI=1S/C18H30N2S/c1-15(19-9-10-20-11-13-21-14-12-20)16-5-7-17(8-6-16)18(2,3)4/h5-8,15,19H,9-14H2,1-4H3. The highest BCUT2D eigenvalue weighted by atomic mass is 32.2. The molecule has 1 aromatic carbocycles. The summed E-state index contributed by atoms with van der Waals surface area (Å²) >= 11 is 2.08. The van der Waals surface area contributed by atoms with Gasteiger partial charge in [-0.2, -0.15) is 11.8 Å². The second-order valence-corrected chi connectivity index (χ2v) is 8.23. The third-order valence-electron chi connectivity index (χ3n) is 4.26. The number of hydrogen-bond donors (Lipinski definition) is 1. The predicted octanol–water partition coefficient (Wildman–Crippen LogP) is 3.68. The van der Waals surface area contributed by atoms with Gasteiger partial charge in [0.2, 0.25) is 0 Å². The minimum atomic E-state index is 0.238. The van der Waals surface area contributed by atoms with Gasteiger partial charge in [-0.25, -0.2) is 0 Å². The molecule has 1 aliphatic heterocycles. The summed E-state index contributed by atoms with van der Waals surface area (Å²) in [4.78, 5) is 2.57. The molecule has 0 amide bonds. The number of nitrogens with one attached hydrogen (secondary N) is 1. The maximum Gasteiger partial charge on any atom is 0.0292 e. The monoisotopic (exact) mass is 306 g/mol. The molecule has 0 radical (unpaired) electrons. The van der Waals surface area contributed by atoms with Crippen molar-refractivity contribution in [1.29, 1.82) is 0 Å². The SMILES string of the molecule is CC(NCCN1CCSCC1)c1ccc(C(C)(C)C)cc1. The molecule has 0 aliphatic carbocycles. The Bertz CT molecular complexity index is 416. The largest absolute Gasteiger partial charge is 0.309 e. The van der Waals surface area contributed by atoms with Gasteiger partial charge in [0.25, 0.3) is 0 Å². The van der Waals surface area contributed by atoms with E-state index >= 15 is 0 Å². The summed E-state index contributed by atoms with van der Waals surface area (Å²) in [5.74, 6) is 2.59. The molecule has 0 aromatic heterocycles. The van der Waals surface area contributed by atoms with Crippen molar-refractivity contribution in [1.82, 2.24) is 10.2 Å². The maximum atomic E-state index is 3.66. The van der Waals surface area contributed by atoms with E-state index in [4.69, 9.17) is 0 Å². The van der Waals surface area contributed by atoms with Crippen molar-refractivity contribution in [3.63, 3.8) is 0 Å². The average Bonchev–Trinajstić information content (AvgIpc) is 2.47. The molecule has 1 aliphatic rings. The molecule has 1 fully saturated rings. The molecular weight excluding hydrogens is 276 g/mol. The molecular formula is C18H30N2S. The zero-order chi connectivity index (χ0) is 15.3. The fraction of sp³-hybridized carbons (Fsp3) is 0.667. The zero-order valence-corrected chi connectivity index (χ0v) is 14.8. The van der Waals surface area contributed by atoms with Crippen LogP contribution in [0.4, 0.5) is 0 Å². The first-order chi connectivity index (χ1) is 9.97. The number of hydrogen-bond acceptors (Lipinski definition) is 3. The van der Waals surface area contributed by atoms with Gasteiger partial charge >= 0.3 is 0 Å². The van der Waals surface area contributed by atoms with E-state index < -0.39 is 0 Å². The highest BCUT2D eigenvalue weighted by Gasteiger charge is 2.14. The van der Waals surface area contributed by atoms with E-state index in [0.717, 1.165) is 6.54 Å². The fourth-order valence-electron chi connectivity index (χ4n) is 2.65. The van der Waals surface area contributed by atoms with Crippen LogP contribution in [-0.4, -0.2) is 42.6 Å². The topological polar surface area (TPSA) is 15.3 Å². The number of benzene rings is 1. The van der Waals surface area contributed by atoms with E-state index in [-0.39, 0.29) is 5.41 Å². The molecule has 1 saturated heterocycles. The van der Waals surface area contributed by atoms with Gasteiger partial charge in [0, 0.05) is 43.7 Å². The summed E-state index contributed by atoms with van der Waals surface area (Å²) < 4.78 is 0.